The number of para-hydroxylation sites is 1. The summed E-state index contributed by atoms with van der Waals surface area (Å²) in [7, 11) is 0. The summed E-state index contributed by atoms with van der Waals surface area (Å²) < 4.78 is 0. The zero-order valence-electron chi connectivity index (χ0n) is 14.9. The van der Waals surface area contributed by atoms with Gasteiger partial charge in [-0.1, -0.05) is 78.9 Å². The summed E-state index contributed by atoms with van der Waals surface area (Å²) in [6.07, 6.45) is 0. The fourth-order valence-corrected chi connectivity index (χ4v) is 3.64. The molecule has 1 aliphatic heterocycles. The molecule has 1 heterocycles. The Balaban J connectivity index is 1.98. The molecule has 1 aliphatic rings. The maximum Gasteiger partial charge on any atom is 0.261 e. The van der Waals surface area contributed by atoms with Crippen LogP contribution in [0.3, 0.4) is 0 Å². The Kier molecular flexibility index (Phi) is 4.46. The van der Waals surface area contributed by atoms with E-state index in [0.29, 0.717) is 11.3 Å². The standard InChI is InChI=1S/C24H15N3O/c25-15-19(16-26)22-20-13-7-8-14-21(20)27(24(22)28)23(17-9-3-1-4-10-17)18-11-5-2-6-12-18/h1-14,23H. The monoisotopic (exact) mass is 361 g/mol. The maximum absolute atomic E-state index is 13.5. The summed E-state index contributed by atoms with van der Waals surface area (Å²) in [5.41, 5.74) is 3.21. The molecule has 0 saturated carbocycles. The molecule has 0 fully saturated rings. The molecule has 4 heteroatoms. The van der Waals surface area contributed by atoms with E-state index in [-0.39, 0.29) is 23.1 Å². The second kappa shape index (κ2) is 7.23. The van der Waals surface area contributed by atoms with E-state index in [4.69, 9.17) is 0 Å². The number of carbonyl (C=O) groups is 1. The van der Waals surface area contributed by atoms with Crippen molar-refractivity contribution < 1.29 is 4.79 Å². The number of fused-ring (bicyclic) bond motifs is 1. The van der Waals surface area contributed by atoms with Crippen LogP contribution < -0.4 is 4.90 Å². The van der Waals surface area contributed by atoms with Gasteiger partial charge in [-0.3, -0.25) is 9.69 Å². The van der Waals surface area contributed by atoms with Crippen LogP contribution in [-0.4, -0.2) is 5.91 Å². The van der Waals surface area contributed by atoms with Gasteiger partial charge >= 0.3 is 0 Å². The molecule has 0 spiro atoms. The van der Waals surface area contributed by atoms with Gasteiger partial charge in [-0.2, -0.15) is 10.5 Å². The van der Waals surface area contributed by atoms with Gasteiger partial charge in [0.1, 0.15) is 17.7 Å². The quantitative estimate of drug-likeness (QED) is 0.505. The second-order valence-corrected chi connectivity index (χ2v) is 6.39. The Morgan fingerprint density at radius 2 is 1.25 bits per heavy atom. The Morgan fingerprint density at radius 1 is 0.750 bits per heavy atom. The third kappa shape index (κ3) is 2.74. The highest BCUT2D eigenvalue weighted by molar-refractivity contribution is 6.34. The predicted molar refractivity (Wildman–Crippen MR) is 107 cm³/mol. The first-order valence-corrected chi connectivity index (χ1v) is 8.83. The number of benzene rings is 3. The first kappa shape index (κ1) is 17.3. The minimum absolute atomic E-state index is 0.164. The molecular formula is C24H15N3O. The minimum Gasteiger partial charge on any atom is -0.296 e. The van der Waals surface area contributed by atoms with Crippen molar-refractivity contribution in [1.82, 2.24) is 0 Å². The van der Waals surface area contributed by atoms with Gasteiger partial charge in [0, 0.05) is 5.56 Å². The molecule has 3 aromatic carbocycles. The lowest BCUT2D eigenvalue weighted by Gasteiger charge is -2.29. The van der Waals surface area contributed by atoms with E-state index in [1.165, 1.54) is 0 Å². The molecule has 1 amide bonds. The summed E-state index contributed by atoms with van der Waals surface area (Å²) >= 11 is 0. The van der Waals surface area contributed by atoms with Gasteiger partial charge in [0.2, 0.25) is 0 Å². The van der Waals surface area contributed by atoms with Crippen LogP contribution in [0.15, 0.2) is 90.5 Å². The lowest BCUT2D eigenvalue weighted by atomic mass is 9.97. The average Bonchev–Trinajstić information content (AvgIpc) is 3.04. The Bertz CT molecular complexity index is 1100. The number of hydrogen-bond donors (Lipinski definition) is 0. The van der Waals surface area contributed by atoms with Crippen LogP contribution in [0.5, 0.6) is 0 Å². The first-order valence-electron chi connectivity index (χ1n) is 8.83. The highest BCUT2D eigenvalue weighted by Crippen LogP contribution is 2.44. The largest absolute Gasteiger partial charge is 0.296 e. The Morgan fingerprint density at radius 3 is 1.79 bits per heavy atom. The van der Waals surface area contributed by atoms with Crippen LogP contribution in [0, 0.1) is 22.7 Å². The number of nitriles is 2. The molecular weight excluding hydrogens is 346 g/mol. The maximum atomic E-state index is 13.5. The van der Waals surface area contributed by atoms with Crippen molar-refractivity contribution in [2.75, 3.05) is 4.90 Å². The smallest absolute Gasteiger partial charge is 0.261 e. The molecule has 4 rings (SSSR count). The number of nitrogens with zero attached hydrogens (tertiary/aromatic N) is 3. The van der Waals surface area contributed by atoms with E-state index in [9.17, 15) is 15.3 Å². The zero-order chi connectivity index (χ0) is 19.5. The van der Waals surface area contributed by atoms with E-state index in [0.717, 1.165) is 11.1 Å². The molecule has 3 aromatic rings. The van der Waals surface area contributed by atoms with Gasteiger partial charge in [0.15, 0.2) is 0 Å². The topological polar surface area (TPSA) is 67.9 Å². The fraction of sp³-hybridized carbons (Fsp3) is 0.0417. The first-order chi connectivity index (χ1) is 13.8. The molecule has 132 valence electrons. The highest BCUT2D eigenvalue weighted by Gasteiger charge is 2.39. The van der Waals surface area contributed by atoms with Crippen LogP contribution in [-0.2, 0) is 4.79 Å². The molecule has 0 bridgehead atoms. The van der Waals surface area contributed by atoms with Gasteiger partial charge < -0.3 is 0 Å². The Hall–Kier alpha value is -4.15. The van der Waals surface area contributed by atoms with Crippen molar-refractivity contribution >= 4 is 17.2 Å². The lowest BCUT2D eigenvalue weighted by molar-refractivity contribution is -0.113. The number of rotatable bonds is 3. The molecule has 0 unspecified atom stereocenters. The second-order valence-electron chi connectivity index (χ2n) is 6.39. The average molecular weight is 361 g/mol. The molecule has 28 heavy (non-hydrogen) atoms. The van der Waals surface area contributed by atoms with E-state index < -0.39 is 0 Å². The molecule has 0 saturated heterocycles. The van der Waals surface area contributed by atoms with Crippen molar-refractivity contribution in [3.63, 3.8) is 0 Å². The third-order valence-corrected chi connectivity index (χ3v) is 4.83. The minimum atomic E-state index is -0.368. The lowest BCUT2D eigenvalue weighted by Crippen LogP contribution is -2.32. The molecule has 4 nitrogen and oxygen atoms in total. The van der Waals surface area contributed by atoms with Crippen molar-refractivity contribution in [2.45, 2.75) is 6.04 Å². The van der Waals surface area contributed by atoms with Crippen molar-refractivity contribution in [1.29, 1.82) is 10.5 Å². The van der Waals surface area contributed by atoms with E-state index in [1.54, 1.807) is 11.0 Å². The van der Waals surface area contributed by atoms with Gasteiger partial charge in [0.05, 0.1) is 17.3 Å². The number of amides is 1. The number of anilines is 1. The van der Waals surface area contributed by atoms with E-state index in [1.807, 2.05) is 91.0 Å². The van der Waals surface area contributed by atoms with Crippen LogP contribution in [0.4, 0.5) is 5.69 Å². The third-order valence-electron chi connectivity index (χ3n) is 4.83. The number of hydrogen-bond acceptors (Lipinski definition) is 3. The van der Waals surface area contributed by atoms with Crippen molar-refractivity contribution in [3.05, 3.63) is 107 Å². The van der Waals surface area contributed by atoms with Crippen molar-refractivity contribution in [2.24, 2.45) is 0 Å². The normalized spacial score (nSPS) is 12.5. The molecule has 0 N–H and O–H groups in total. The van der Waals surface area contributed by atoms with Crippen LogP contribution in [0.25, 0.3) is 5.57 Å². The van der Waals surface area contributed by atoms with Gasteiger partial charge in [-0.05, 0) is 17.2 Å². The van der Waals surface area contributed by atoms with E-state index in [2.05, 4.69) is 0 Å². The van der Waals surface area contributed by atoms with Crippen LogP contribution in [0.2, 0.25) is 0 Å². The fourth-order valence-electron chi connectivity index (χ4n) is 3.64. The van der Waals surface area contributed by atoms with E-state index >= 15 is 0 Å². The molecule has 0 aliphatic carbocycles. The Labute approximate surface area is 163 Å². The summed E-state index contributed by atoms with van der Waals surface area (Å²) in [5, 5.41) is 18.8. The molecule has 0 atom stereocenters. The van der Waals surface area contributed by atoms with Crippen LogP contribution in [0.1, 0.15) is 22.7 Å². The van der Waals surface area contributed by atoms with Crippen LogP contribution >= 0.6 is 0 Å². The molecule has 0 aromatic heterocycles. The van der Waals surface area contributed by atoms with Gasteiger partial charge in [-0.25, -0.2) is 0 Å². The van der Waals surface area contributed by atoms with Crippen molar-refractivity contribution in [3.8, 4) is 12.1 Å². The predicted octanol–water partition coefficient (Wildman–Crippen LogP) is 4.62. The highest BCUT2D eigenvalue weighted by atomic mass is 16.2. The zero-order valence-corrected chi connectivity index (χ0v) is 14.9. The van der Waals surface area contributed by atoms with Gasteiger partial charge in [0.25, 0.3) is 5.91 Å². The summed E-state index contributed by atoms with van der Waals surface area (Å²) in [6, 6.07) is 30.2. The van der Waals surface area contributed by atoms with Gasteiger partial charge in [-0.15, -0.1) is 0 Å². The molecule has 0 radical (unpaired) electrons. The summed E-state index contributed by atoms with van der Waals surface area (Å²) in [6.45, 7) is 0. The number of allylic oxidation sites excluding steroid dienone is 1. The SMILES string of the molecule is N#CC(C#N)=C1C(=O)N(C(c2ccccc2)c2ccccc2)c2ccccc21. The number of carbonyl (C=O) groups excluding carboxylic acids is 1. The summed E-state index contributed by atoms with van der Waals surface area (Å²) in [4.78, 5) is 15.2. The summed E-state index contributed by atoms with van der Waals surface area (Å²) in [5.74, 6) is -0.336.